The number of hydrogen-bond acceptors (Lipinski definition) is 4. The van der Waals surface area contributed by atoms with Crippen LogP contribution < -0.4 is 4.74 Å². The molecule has 0 bridgehead atoms. The molecule has 0 aliphatic heterocycles. The summed E-state index contributed by atoms with van der Waals surface area (Å²) in [5.74, 6) is 0.116. The smallest absolute Gasteiger partial charge is 0.343 e. The van der Waals surface area contributed by atoms with Gasteiger partial charge in [0.1, 0.15) is 5.75 Å². The van der Waals surface area contributed by atoms with Gasteiger partial charge in [0.25, 0.3) is 0 Å². The highest BCUT2D eigenvalue weighted by Gasteiger charge is 2.08. The number of ether oxygens (including phenoxy) is 1. The van der Waals surface area contributed by atoms with E-state index >= 15 is 0 Å². The minimum atomic E-state index is -0.376. The third-order valence-corrected chi connectivity index (χ3v) is 3.82. The first-order chi connectivity index (χ1) is 12.3. The summed E-state index contributed by atoms with van der Waals surface area (Å²) in [6.07, 6.45) is 1.74. The minimum absolute atomic E-state index is 0.376. The van der Waals surface area contributed by atoms with Crippen LogP contribution in [0, 0.1) is 0 Å². The number of nitrogens with zero attached hydrogens (tertiary/aromatic N) is 2. The van der Waals surface area contributed by atoms with Gasteiger partial charge in [-0.1, -0.05) is 30.3 Å². The molecule has 0 fully saturated rings. The minimum Gasteiger partial charge on any atom is -0.423 e. The van der Waals surface area contributed by atoms with Crippen LogP contribution in [0.25, 0.3) is 22.3 Å². The summed E-state index contributed by atoms with van der Waals surface area (Å²) >= 11 is 0. The van der Waals surface area contributed by atoms with Crippen molar-refractivity contribution in [3.05, 3.63) is 90.6 Å². The Hall–Kier alpha value is -3.53. The van der Waals surface area contributed by atoms with Crippen molar-refractivity contribution in [1.82, 2.24) is 9.97 Å². The molecule has 1 heterocycles. The van der Waals surface area contributed by atoms with E-state index in [9.17, 15) is 4.79 Å². The van der Waals surface area contributed by atoms with Gasteiger partial charge in [-0.25, -0.2) is 9.78 Å². The lowest BCUT2D eigenvalue weighted by atomic mass is 10.1. The Balaban J connectivity index is 1.56. The fourth-order valence-corrected chi connectivity index (χ4v) is 2.53. The predicted molar refractivity (Wildman–Crippen MR) is 96.4 cm³/mol. The third-order valence-electron chi connectivity index (χ3n) is 3.82. The Labute approximate surface area is 144 Å². The summed E-state index contributed by atoms with van der Waals surface area (Å²) in [4.78, 5) is 21.1. The van der Waals surface area contributed by atoms with Gasteiger partial charge in [-0.05, 0) is 48.5 Å². The Morgan fingerprint density at radius 1 is 0.760 bits per heavy atom. The molecule has 0 amide bonds. The van der Waals surface area contributed by atoms with Gasteiger partial charge in [0.05, 0.1) is 28.5 Å². The van der Waals surface area contributed by atoms with Crippen LogP contribution in [0.15, 0.2) is 85.1 Å². The molecule has 0 aliphatic rings. The number of esters is 1. The number of aromatic nitrogens is 2. The molecule has 0 saturated carbocycles. The van der Waals surface area contributed by atoms with Gasteiger partial charge in [0.15, 0.2) is 0 Å². The zero-order valence-corrected chi connectivity index (χ0v) is 13.3. The zero-order chi connectivity index (χ0) is 17.1. The van der Waals surface area contributed by atoms with Crippen LogP contribution in [-0.2, 0) is 0 Å². The Morgan fingerprint density at radius 3 is 2.20 bits per heavy atom. The molecule has 3 aromatic carbocycles. The van der Waals surface area contributed by atoms with Crippen molar-refractivity contribution >= 4 is 17.0 Å². The number of fused-ring (bicyclic) bond motifs is 1. The number of rotatable bonds is 3. The molecule has 25 heavy (non-hydrogen) atoms. The van der Waals surface area contributed by atoms with Crippen LogP contribution in [0.1, 0.15) is 10.4 Å². The van der Waals surface area contributed by atoms with Crippen LogP contribution in [-0.4, -0.2) is 15.9 Å². The second-order valence-electron chi connectivity index (χ2n) is 5.52. The second-order valence-corrected chi connectivity index (χ2v) is 5.52. The molecule has 0 saturated heterocycles. The average Bonchev–Trinajstić information content (AvgIpc) is 2.69. The van der Waals surface area contributed by atoms with Gasteiger partial charge in [-0.3, -0.25) is 4.98 Å². The summed E-state index contributed by atoms with van der Waals surface area (Å²) in [5, 5.41) is 0. The fraction of sp³-hybridized carbons (Fsp3) is 0. The predicted octanol–water partition coefficient (Wildman–Crippen LogP) is 4.52. The number of carbonyl (C=O) groups excluding carboxylic acids is 1. The first-order valence-corrected chi connectivity index (χ1v) is 7.89. The first kappa shape index (κ1) is 15.0. The fourth-order valence-electron chi connectivity index (χ4n) is 2.53. The lowest BCUT2D eigenvalue weighted by Gasteiger charge is -2.06. The van der Waals surface area contributed by atoms with Gasteiger partial charge in [0, 0.05) is 5.56 Å². The second kappa shape index (κ2) is 6.53. The topological polar surface area (TPSA) is 52.1 Å². The molecule has 0 aliphatic carbocycles. The largest absolute Gasteiger partial charge is 0.423 e. The molecule has 4 nitrogen and oxygen atoms in total. The van der Waals surface area contributed by atoms with Crippen molar-refractivity contribution in [2.75, 3.05) is 0 Å². The van der Waals surface area contributed by atoms with E-state index < -0.39 is 0 Å². The van der Waals surface area contributed by atoms with E-state index in [0.29, 0.717) is 11.3 Å². The molecule has 0 radical (unpaired) electrons. The summed E-state index contributed by atoms with van der Waals surface area (Å²) in [5.41, 5.74) is 3.92. The highest BCUT2D eigenvalue weighted by Crippen LogP contribution is 2.22. The summed E-state index contributed by atoms with van der Waals surface area (Å²) in [6.45, 7) is 0. The van der Waals surface area contributed by atoms with Crippen LogP contribution in [0.4, 0.5) is 0 Å². The zero-order valence-electron chi connectivity index (χ0n) is 13.3. The number of para-hydroxylation sites is 2. The quantitative estimate of drug-likeness (QED) is 0.410. The molecule has 0 spiro atoms. The van der Waals surface area contributed by atoms with Gasteiger partial charge >= 0.3 is 5.97 Å². The maximum Gasteiger partial charge on any atom is 0.343 e. The number of benzene rings is 3. The molecule has 0 atom stereocenters. The molecule has 4 heteroatoms. The Bertz CT molecular complexity index is 1030. The Kier molecular flexibility index (Phi) is 3.92. The highest BCUT2D eigenvalue weighted by atomic mass is 16.5. The number of hydrogen-bond donors (Lipinski definition) is 0. The monoisotopic (exact) mass is 326 g/mol. The summed E-state index contributed by atoms with van der Waals surface area (Å²) < 4.78 is 5.39. The number of carbonyl (C=O) groups is 1. The molecule has 1 aromatic heterocycles. The highest BCUT2D eigenvalue weighted by molar-refractivity contribution is 5.91. The first-order valence-electron chi connectivity index (χ1n) is 7.89. The van der Waals surface area contributed by atoms with Crippen molar-refractivity contribution in [3.8, 4) is 17.0 Å². The van der Waals surface area contributed by atoms with Crippen LogP contribution in [0.2, 0.25) is 0 Å². The molecule has 4 rings (SSSR count). The van der Waals surface area contributed by atoms with E-state index in [0.717, 1.165) is 22.3 Å². The van der Waals surface area contributed by atoms with Gasteiger partial charge in [-0.15, -0.1) is 0 Å². The van der Waals surface area contributed by atoms with Crippen molar-refractivity contribution in [2.24, 2.45) is 0 Å². The standard InChI is InChI=1S/C21H14N2O2/c24-21(16-6-2-1-3-7-16)25-17-12-10-15(11-13-17)20-14-22-18-8-4-5-9-19(18)23-20/h1-14H. The van der Waals surface area contributed by atoms with E-state index in [1.807, 2.05) is 42.5 Å². The summed E-state index contributed by atoms with van der Waals surface area (Å²) in [6, 6.07) is 23.9. The van der Waals surface area contributed by atoms with Crippen LogP contribution in [0.3, 0.4) is 0 Å². The average molecular weight is 326 g/mol. The van der Waals surface area contributed by atoms with Crippen molar-refractivity contribution < 1.29 is 9.53 Å². The summed E-state index contributed by atoms with van der Waals surface area (Å²) in [7, 11) is 0. The lowest BCUT2D eigenvalue weighted by Crippen LogP contribution is -2.07. The normalized spacial score (nSPS) is 10.6. The SMILES string of the molecule is O=C(Oc1ccc(-c2cnc3ccccc3n2)cc1)c1ccccc1. The molecule has 4 aromatic rings. The van der Waals surface area contributed by atoms with Crippen molar-refractivity contribution in [3.63, 3.8) is 0 Å². The maximum absolute atomic E-state index is 12.1. The van der Waals surface area contributed by atoms with E-state index in [2.05, 4.69) is 9.97 Å². The molecule has 0 unspecified atom stereocenters. The van der Waals surface area contributed by atoms with Crippen molar-refractivity contribution in [2.45, 2.75) is 0 Å². The van der Waals surface area contributed by atoms with Crippen LogP contribution >= 0.6 is 0 Å². The van der Waals surface area contributed by atoms with Gasteiger partial charge in [-0.2, -0.15) is 0 Å². The van der Waals surface area contributed by atoms with E-state index in [1.165, 1.54) is 0 Å². The van der Waals surface area contributed by atoms with E-state index in [1.54, 1.807) is 42.6 Å². The molecular formula is C21H14N2O2. The van der Waals surface area contributed by atoms with E-state index in [-0.39, 0.29) is 5.97 Å². The van der Waals surface area contributed by atoms with E-state index in [4.69, 9.17) is 4.74 Å². The Morgan fingerprint density at radius 2 is 1.44 bits per heavy atom. The van der Waals surface area contributed by atoms with Gasteiger partial charge < -0.3 is 4.74 Å². The lowest BCUT2D eigenvalue weighted by molar-refractivity contribution is 0.0735. The molecule has 120 valence electrons. The molecule has 0 N–H and O–H groups in total. The van der Waals surface area contributed by atoms with Crippen LogP contribution in [0.5, 0.6) is 5.75 Å². The van der Waals surface area contributed by atoms with Gasteiger partial charge in [0.2, 0.25) is 0 Å². The third kappa shape index (κ3) is 3.23. The maximum atomic E-state index is 12.1. The van der Waals surface area contributed by atoms with Crippen molar-refractivity contribution in [1.29, 1.82) is 0 Å². The molecular weight excluding hydrogens is 312 g/mol.